The number of nitrogens with zero attached hydrogens (tertiary/aromatic N) is 3. The first-order chi connectivity index (χ1) is 7.88. The van der Waals surface area contributed by atoms with E-state index in [1.165, 1.54) is 0 Å². The molecule has 5 nitrogen and oxygen atoms in total. The zero-order valence-electron chi connectivity index (χ0n) is 9.09. The van der Waals surface area contributed by atoms with Gasteiger partial charge in [-0.3, -0.25) is 4.98 Å². The minimum absolute atomic E-state index is 0.304. The zero-order chi connectivity index (χ0) is 11.2. The van der Waals surface area contributed by atoms with E-state index in [-0.39, 0.29) is 0 Å². The van der Waals surface area contributed by atoms with Crippen molar-refractivity contribution in [3.05, 3.63) is 36.2 Å². The molecule has 0 saturated carbocycles. The number of aromatic nitrogens is 3. The van der Waals surface area contributed by atoms with Crippen LogP contribution in [0.5, 0.6) is 5.75 Å². The average molecular weight is 219 g/mol. The molecule has 0 aromatic carbocycles. The normalized spacial score (nSPS) is 10.3. The van der Waals surface area contributed by atoms with Crippen molar-refractivity contribution in [1.29, 1.82) is 0 Å². The molecule has 0 amide bonds. The largest absolute Gasteiger partial charge is 0.484 e. The maximum atomic E-state index is 5.44. The SMILES string of the molecule is CCCc1nc(COc2cccnc2)no1. The Balaban J connectivity index is 1.89. The van der Waals surface area contributed by atoms with Crippen LogP contribution >= 0.6 is 0 Å². The predicted octanol–water partition coefficient (Wildman–Crippen LogP) is 2.00. The lowest BCUT2D eigenvalue weighted by molar-refractivity contribution is 0.284. The molecule has 2 aromatic heterocycles. The number of rotatable bonds is 5. The quantitative estimate of drug-likeness (QED) is 0.769. The van der Waals surface area contributed by atoms with Crippen molar-refractivity contribution in [3.63, 3.8) is 0 Å². The van der Waals surface area contributed by atoms with Gasteiger partial charge in [-0.15, -0.1) is 0 Å². The van der Waals surface area contributed by atoms with Gasteiger partial charge in [0.2, 0.25) is 11.7 Å². The van der Waals surface area contributed by atoms with Crippen LogP contribution < -0.4 is 4.74 Å². The van der Waals surface area contributed by atoms with E-state index >= 15 is 0 Å². The molecule has 0 fully saturated rings. The fourth-order valence-corrected chi connectivity index (χ4v) is 1.24. The minimum atomic E-state index is 0.304. The molecule has 0 aliphatic carbocycles. The Hall–Kier alpha value is -1.91. The maximum Gasteiger partial charge on any atom is 0.226 e. The number of hydrogen-bond acceptors (Lipinski definition) is 5. The second-order valence-electron chi connectivity index (χ2n) is 3.33. The summed E-state index contributed by atoms with van der Waals surface area (Å²) < 4.78 is 10.5. The fraction of sp³-hybridized carbons (Fsp3) is 0.364. The van der Waals surface area contributed by atoms with Crippen molar-refractivity contribution in [2.24, 2.45) is 0 Å². The Morgan fingerprint density at radius 1 is 1.44 bits per heavy atom. The highest BCUT2D eigenvalue weighted by molar-refractivity contribution is 5.15. The molecule has 0 atom stereocenters. The number of ether oxygens (including phenoxy) is 1. The van der Waals surface area contributed by atoms with Gasteiger partial charge in [-0.05, 0) is 18.6 Å². The van der Waals surface area contributed by atoms with Crippen LogP contribution in [0, 0.1) is 0 Å². The van der Waals surface area contributed by atoms with Crippen molar-refractivity contribution >= 4 is 0 Å². The van der Waals surface area contributed by atoms with E-state index in [9.17, 15) is 0 Å². The van der Waals surface area contributed by atoms with E-state index in [1.54, 1.807) is 12.4 Å². The Morgan fingerprint density at radius 3 is 3.12 bits per heavy atom. The van der Waals surface area contributed by atoms with Crippen LogP contribution in [0.4, 0.5) is 0 Å². The minimum Gasteiger partial charge on any atom is -0.484 e. The molecule has 5 heteroatoms. The lowest BCUT2D eigenvalue weighted by Gasteiger charge is -2.00. The second kappa shape index (κ2) is 5.25. The molecule has 0 radical (unpaired) electrons. The highest BCUT2D eigenvalue weighted by atomic mass is 16.5. The van der Waals surface area contributed by atoms with Gasteiger partial charge < -0.3 is 9.26 Å². The average Bonchev–Trinajstić information content (AvgIpc) is 2.76. The zero-order valence-corrected chi connectivity index (χ0v) is 9.09. The molecule has 0 saturated heterocycles. The standard InChI is InChI=1S/C11H13N3O2/c1-2-4-11-13-10(14-16-11)8-15-9-5-3-6-12-7-9/h3,5-7H,2,4,8H2,1H3. The summed E-state index contributed by atoms with van der Waals surface area (Å²) in [5.74, 6) is 1.92. The Morgan fingerprint density at radius 2 is 2.38 bits per heavy atom. The van der Waals surface area contributed by atoms with Crippen molar-refractivity contribution in [3.8, 4) is 5.75 Å². The molecule has 0 aliphatic heterocycles. The summed E-state index contributed by atoms with van der Waals surface area (Å²) in [6.07, 6.45) is 5.14. The topological polar surface area (TPSA) is 61.0 Å². The predicted molar refractivity (Wildman–Crippen MR) is 56.9 cm³/mol. The van der Waals surface area contributed by atoms with Gasteiger partial charge in [0.1, 0.15) is 5.75 Å². The van der Waals surface area contributed by atoms with E-state index in [0.29, 0.717) is 24.1 Å². The molecule has 84 valence electrons. The van der Waals surface area contributed by atoms with Crippen LogP contribution in [0.25, 0.3) is 0 Å². The molecule has 0 spiro atoms. The molecular weight excluding hydrogens is 206 g/mol. The van der Waals surface area contributed by atoms with Crippen molar-refractivity contribution in [2.75, 3.05) is 0 Å². The smallest absolute Gasteiger partial charge is 0.226 e. The molecule has 0 N–H and O–H groups in total. The van der Waals surface area contributed by atoms with Gasteiger partial charge in [-0.2, -0.15) is 4.98 Å². The lowest BCUT2D eigenvalue weighted by Crippen LogP contribution is -1.97. The molecule has 0 unspecified atom stereocenters. The van der Waals surface area contributed by atoms with E-state index in [4.69, 9.17) is 9.26 Å². The third kappa shape index (κ3) is 2.79. The van der Waals surface area contributed by atoms with Gasteiger partial charge in [-0.1, -0.05) is 12.1 Å². The summed E-state index contributed by atoms with van der Waals surface area (Å²) in [5.41, 5.74) is 0. The third-order valence-electron chi connectivity index (χ3n) is 1.98. The van der Waals surface area contributed by atoms with Gasteiger partial charge >= 0.3 is 0 Å². The summed E-state index contributed by atoms with van der Waals surface area (Å²) in [4.78, 5) is 8.13. The van der Waals surface area contributed by atoms with Gasteiger partial charge in [-0.25, -0.2) is 0 Å². The molecular formula is C11H13N3O2. The van der Waals surface area contributed by atoms with E-state index in [2.05, 4.69) is 22.0 Å². The first-order valence-electron chi connectivity index (χ1n) is 5.22. The summed E-state index contributed by atoms with van der Waals surface area (Å²) in [5, 5.41) is 3.82. The highest BCUT2D eigenvalue weighted by Crippen LogP contribution is 2.09. The molecule has 16 heavy (non-hydrogen) atoms. The Bertz CT molecular complexity index is 428. The first-order valence-corrected chi connectivity index (χ1v) is 5.22. The maximum absolute atomic E-state index is 5.44. The highest BCUT2D eigenvalue weighted by Gasteiger charge is 2.05. The van der Waals surface area contributed by atoms with Gasteiger partial charge in [0.15, 0.2) is 6.61 Å². The fourth-order valence-electron chi connectivity index (χ4n) is 1.24. The second-order valence-corrected chi connectivity index (χ2v) is 3.33. The van der Waals surface area contributed by atoms with Crippen molar-refractivity contribution in [2.45, 2.75) is 26.4 Å². The third-order valence-corrected chi connectivity index (χ3v) is 1.98. The molecule has 2 heterocycles. The van der Waals surface area contributed by atoms with Gasteiger partial charge in [0, 0.05) is 12.6 Å². The summed E-state index contributed by atoms with van der Waals surface area (Å²) in [6, 6.07) is 3.65. The summed E-state index contributed by atoms with van der Waals surface area (Å²) in [6.45, 7) is 2.37. The van der Waals surface area contributed by atoms with Crippen LogP contribution in [0.3, 0.4) is 0 Å². The summed E-state index contributed by atoms with van der Waals surface area (Å²) >= 11 is 0. The van der Waals surface area contributed by atoms with Crippen molar-refractivity contribution < 1.29 is 9.26 Å². The molecule has 2 rings (SSSR count). The summed E-state index contributed by atoms with van der Waals surface area (Å²) in [7, 11) is 0. The van der Waals surface area contributed by atoms with Crippen LogP contribution in [-0.4, -0.2) is 15.1 Å². The van der Waals surface area contributed by atoms with Crippen LogP contribution in [-0.2, 0) is 13.0 Å². The van der Waals surface area contributed by atoms with Crippen LogP contribution in [0.2, 0.25) is 0 Å². The molecule has 0 bridgehead atoms. The lowest BCUT2D eigenvalue weighted by atomic mass is 10.3. The van der Waals surface area contributed by atoms with E-state index in [1.807, 2.05) is 12.1 Å². The first kappa shape index (κ1) is 10.6. The number of aryl methyl sites for hydroxylation is 1. The monoisotopic (exact) mass is 219 g/mol. The molecule has 2 aromatic rings. The van der Waals surface area contributed by atoms with Crippen LogP contribution in [0.1, 0.15) is 25.1 Å². The molecule has 0 aliphatic rings. The Labute approximate surface area is 93.5 Å². The van der Waals surface area contributed by atoms with E-state index in [0.717, 1.165) is 12.8 Å². The van der Waals surface area contributed by atoms with E-state index < -0.39 is 0 Å². The van der Waals surface area contributed by atoms with Crippen molar-refractivity contribution in [1.82, 2.24) is 15.1 Å². The van der Waals surface area contributed by atoms with Gasteiger partial charge in [0.05, 0.1) is 6.20 Å². The van der Waals surface area contributed by atoms with Gasteiger partial charge in [0.25, 0.3) is 0 Å². The van der Waals surface area contributed by atoms with Crippen LogP contribution in [0.15, 0.2) is 29.0 Å². The number of hydrogen-bond donors (Lipinski definition) is 0. The Kier molecular flexibility index (Phi) is 3.48. The number of pyridine rings is 1.